The van der Waals surface area contributed by atoms with Gasteiger partial charge in [0.25, 0.3) is 0 Å². The second kappa shape index (κ2) is 8.99. The number of hydrogen-bond acceptors (Lipinski definition) is 6. The van der Waals surface area contributed by atoms with Crippen LogP contribution in [0.3, 0.4) is 0 Å². The number of pyridine rings is 1. The van der Waals surface area contributed by atoms with Crippen LogP contribution in [-0.4, -0.2) is 68.6 Å². The van der Waals surface area contributed by atoms with Gasteiger partial charge in [0, 0.05) is 44.8 Å². The van der Waals surface area contributed by atoms with Crippen molar-refractivity contribution in [1.82, 2.24) is 14.6 Å². The van der Waals surface area contributed by atoms with Crippen LogP contribution in [0.15, 0.2) is 24.4 Å². The lowest BCUT2D eigenvalue weighted by molar-refractivity contribution is -0.125. The summed E-state index contributed by atoms with van der Waals surface area (Å²) in [5.41, 5.74) is 5.72. The fraction of sp³-hybridized carbons (Fsp3) is 0.667. The van der Waals surface area contributed by atoms with Gasteiger partial charge in [-0.3, -0.25) is 4.79 Å². The third-order valence-corrected chi connectivity index (χ3v) is 7.44. The number of carbonyl (C=O) groups excluding carboxylic acids is 1. The van der Waals surface area contributed by atoms with Crippen molar-refractivity contribution in [3.8, 4) is 0 Å². The van der Waals surface area contributed by atoms with Gasteiger partial charge in [-0.05, 0) is 37.4 Å². The molecule has 0 radical (unpaired) electrons. The van der Waals surface area contributed by atoms with Gasteiger partial charge in [0.2, 0.25) is 15.9 Å². The first-order valence-corrected chi connectivity index (χ1v) is 11.2. The first-order valence-electron chi connectivity index (χ1n) is 9.63. The lowest BCUT2D eigenvalue weighted by Gasteiger charge is -2.34. The van der Waals surface area contributed by atoms with Crippen LogP contribution in [0.1, 0.15) is 19.3 Å². The van der Waals surface area contributed by atoms with Crippen LogP contribution in [0.4, 0.5) is 5.82 Å². The summed E-state index contributed by atoms with van der Waals surface area (Å²) in [5, 5.41) is 2.80. The van der Waals surface area contributed by atoms with E-state index in [2.05, 4.69) is 15.2 Å². The van der Waals surface area contributed by atoms with E-state index in [0.717, 1.165) is 25.1 Å². The largest absolute Gasteiger partial charge is 0.355 e. The van der Waals surface area contributed by atoms with Crippen LogP contribution in [0.25, 0.3) is 0 Å². The maximum atomic E-state index is 12.6. The Hall–Kier alpha value is -1.71. The van der Waals surface area contributed by atoms with Gasteiger partial charge in [-0.2, -0.15) is 4.31 Å². The predicted molar refractivity (Wildman–Crippen MR) is 105 cm³/mol. The molecule has 1 aromatic heterocycles. The monoisotopic (exact) mass is 395 g/mol. The van der Waals surface area contributed by atoms with Crippen molar-refractivity contribution in [3.63, 3.8) is 0 Å². The molecule has 3 rings (SSSR count). The van der Waals surface area contributed by atoms with Crippen LogP contribution < -0.4 is 16.0 Å². The molecule has 2 heterocycles. The highest BCUT2D eigenvalue weighted by Crippen LogP contribution is 2.30. The lowest BCUT2D eigenvalue weighted by Crippen LogP contribution is -2.50. The molecule has 9 heteroatoms. The summed E-state index contributed by atoms with van der Waals surface area (Å²) in [7, 11) is -3.38. The third-order valence-electron chi connectivity index (χ3n) is 5.56. The molecular weight excluding hydrogens is 366 g/mol. The highest BCUT2D eigenvalue weighted by Gasteiger charge is 2.32. The molecule has 0 bridgehead atoms. The Bertz CT molecular complexity index is 720. The maximum Gasteiger partial charge on any atom is 0.223 e. The molecule has 0 aromatic carbocycles. The summed E-state index contributed by atoms with van der Waals surface area (Å²) in [6.07, 6.45) is 4.57. The summed E-state index contributed by atoms with van der Waals surface area (Å²) in [6, 6.07) is 5.71. The molecule has 2 fully saturated rings. The van der Waals surface area contributed by atoms with Crippen molar-refractivity contribution in [3.05, 3.63) is 24.4 Å². The Labute approximate surface area is 161 Å². The zero-order valence-electron chi connectivity index (χ0n) is 15.6. The van der Waals surface area contributed by atoms with Crippen molar-refractivity contribution in [1.29, 1.82) is 0 Å². The van der Waals surface area contributed by atoms with Crippen LogP contribution in [0.5, 0.6) is 0 Å². The van der Waals surface area contributed by atoms with Gasteiger partial charge in [0.15, 0.2) is 0 Å². The van der Waals surface area contributed by atoms with Crippen LogP contribution in [0.2, 0.25) is 0 Å². The molecule has 150 valence electrons. The van der Waals surface area contributed by atoms with Gasteiger partial charge in [0.05, 0.1) is 5.75 Å². The molecule has 1 aliphatic carbocycles. The van der Waals surface area contributed by atoms with Crippen molar-refractivity contribution >= 4 is 21.7 Å². The smallest absolute Gasteiger partial charge is 0.223 e. The zero-order chi connectivity index (χ0) is 19.3. The normalized spacial score (nSPS) is 24.1. The number of nitrogens with two attached hydrogens (primary N) is 1. The number of nitrogens with one attached hydrogen (secondary N) is 1. The van der Waals surface area contributed by atoms with Crippen molar-refractivity contribution < 1.29 is 13.2 Å². The summed E-state index contributed by atoms with van der Waals surface area (Å²) >= 11 is 0. The van der Waals surface area contributed by atoms with E-state index in [1.165, 1.54) is 4.31 Å². The Balaban J connectivity index is 1.44. The van der Waals surface area contributed by atoms with Gasteiger partial charge in [-0.25, -0.2) is 13.4 Å². The standard InChI is InChI=1S/C18H29N5O3S/c19-14-15-4-3-5-16(15)18(24)21-8-13-27(25,26)23-11-9-22(10-12-23)17-6-1-2-7-20-17/h1-2,6-7,15-16H,3-5,8-14,19H2,(H,21,24)/t15-,16-/m1/s1. The Kier molecular flexibility index (Phi) is 6.67. The van der Waals surface area contributed by atoms with E-state index >= 15 is 0 Å². The van der Waals surface area contributed by atoms with E-state index in [4.69, 9.17) is 5.73 Å². The molecule has 2 aliphatic rings. The molecule has 0 unspecified atom stereocenters. The van der Waals surface area contributed by atoms with Crippen molar-refractivity contribution in [2.75, 3.05) is 49.9 Å². The predicted octanol–water partition coefficient (Wildman–Crippen LogP) is 0.0246. The van der Waals surface area contributed by atoms with Crippen LogP contribution >= 0.6 is 0 Å². The molecule has 8 nitrogen and oxygen atoms in total. The van der Waals surface area contributed by atoms with E-state index in [1.807, 2.05) is 18.2 Å². The molecule has 27 heavy (non-hydrogen) atoms. The second-order valence-electron chi connectivity index (χ2n) is 7.21. The molecule has 0 spiro atoms. The minimum atomic E-state index is -3.38. The van der Waals surface area contributed by atoms with Crippen molar-refractivity contribution in [2.24, 2.45) is 17.6 Å². The van der Waals surface area contributed by atoms with Gasteiger partial charge in [0.1, 0.15) is 5.82 Å². The Morgan fingerprint density at radius 2 is 2.00 bits per heavy atom. The molecule has 1 saturated carbocycles. The van der Waals surface area contributed by atoms with Crippen LogP contribution in [0, 0.1) is 11.8 Å². The lowest BCUT2D eigenvalue weighted by atomic mass is 9.95. The number of carbonyl (C=O) groups is 1. The van der Waals surface area contributed by atoms with Crippen LogP contribution in [-0.2, 0) is 14.8 Å². The number of amides is 1. The number of sulfonamides is 1. The number of piperazine rings is 1. The van der Waals surface area contributed by atoms with E-state index in [9.17, 15) is 13.2 Å². The van der Waals surface area contributed by atoms with Gasteiger partial charge in [-0.15, -0.1) is 0 Å². The average molecular weight is 396 g/mol. The molecule has 1 saturated heterocycles. The number of anilines is 1. The second-order valence-corrected chi connectivity index (χ2v) is 9.30. The molecule has 1 aromatic rings. The highest BCUT2D eigenvalue weighted by molar-refractivity contribution is 7.89. The van der Waals surface area contributed by atoms with E-state index in [0.29, 0.717) is 32.7 Å². The topological polar surface area (TPSA) is 109 Å². The maximum absolute atomic E-state index is 12.6. The molecule has 1 aliphatic heterocycles. The summed E-state index contributed by atoms with van der Waals surface area (Å²) in [5.74, 6) is 0.898. The fourth-order valence-corrected chi connectivity index (χ4v) is 5.30. The number of nitrogens with zero attached hydrogens (tertiary/aromatic N) is 3. The molecule has 3 N–H and O–H groups in total. The summed E-state index contributed by atoms with van der Waals surface area (Å²) in [6.45, 7) is 2.76. The Morgan fingerprint density at radius 1 is 1.22 bits per heavy atom. The first-order chi connectivity index (χ1) is 13.0. The molecular formula is C18H29N5O3S. The van der Waals surface area contributed by atoms with E-state index in [1.54, 1.807) is 6.20 Å². The third kappa shape index (κ3) is 4.97. The number of hydrogen-bond donors (Lipinski definition) is 2. The highest BCUT2D eigenvalue weighted by atomic mass is 32.2. The quantitative estimate of drug-likeness (QED) is 0.674. The van der Waals surface area contributed by atoms with E-state index < -0.39 is 10.0 Å². The van der Waals surface area contributed by atoms with E-state index in [-0.39, 0.29) is 30.0 Å². The average Bonchev–Trinajstić information content (AvgIpc) is 3.17. The SMILES string of the molecule is NC[C@H]1CCC[C@H]1C(=O)NCCS(=O)(=O)N1CCN(c2ccccn2)CC1. The number of rotatable bonds is 7. The summed E-state index contributed by atoms with van der Waals surface area (Å²) < 4.78 is 26.7. The fourth-order valence-electron chi connectivity index (χ4n) is 3.96. The minimum absolute atomic E-state index is 0.0573. The summed E-state index contributed by atoms with van der Waals surface area (Å²) in [4.78, 5) is 18.7. The van der Waals surface area contributed by atoms with Gasteiger partial charge in [-0.1, -0.05) is 12.5 Å². The molecule has 1 amide bonds. The molecule has 2 atom stereocenters. The van der Waals surface area contributed by atoms with Crippen molar-refractivity contribution in [2.45, 2.75) is 19.3 Å². The van der Waals surface area contributed by atoms with Gasteiger partial charge >= 0.3 is 0 Å². The Morgan fingerprint density at radius 3 is 2.67 bits per heavy atom. The van der Waals surface area contributed by atoms with Gasteiger partial charge < -0.3 is 16.0 Å². The minimum Gasteiger partial charge on any atom is -0.355 e. The zero-order valence-corrected chi connectivity index (χ0v) is 16.4. The first kappa shape index (κ1) is 20.0. The number of aromatic nitrogens is 1.